The van der Waals surface area contributed by atoms with Crippen LogP contribution >= 0.6 is 15.9 Å². The quantitative estimate of drug-likeness (QED) is 0.839. The van der Waals surface area contributed by atoms with E-state index in [1.54, 1.807) is 0 Å². The summed E-state index contributed by atoms with van der Waals surface area (Å²) in [6, 6.07) is 10.8. The lowest BCUT2D eigenvalue weighted by Gasteiger charge is -2.18. The van der Waals surface area contributed by atoms with Crippen molar-refractivity contribution in [3.05, 3.63) is 52.3 Å². The van der Waals surface area contributed by atoms with E-state index in [0.717, 1.165) is 30.4 Å². The first-order chi connectivity index (χ1) is 9.70. The summed E-state index contributed by atoms with van der Waals surface area (Å²) in [7, 11) is 2.01. The number of nitrogens with one attached hydrogen (secondary N) is 1. The van der Waals surface area contributed by atoms with Gasteiger partial charge in [0.15, 0.2) is 0 Å². The standard InChI is InChI=1S/C16H22BrN3/c1-3-18-12-14(13-4-7-15(17)8-5-13)6-9-16-10-11-19-20(16)2/h4-5,7-8,10-11,14,18H,3,6,9,12H2,1-2H3. The van der Waals surface area contributed by atoms with Gasteiger partial charge in [-0.25, -0.2) is 0 Å². The molecule has 0 spiro atoms. The number of likely N-dealkylation sites (N-methyl/N-ethyl adjacent to an activating group) is 1. The van der Waals surface area contributed by atoms with Crippen LogP contribution in [0.1, 0.15) is 30.5 Å². The highest BCUT2D eigenvalue weighted by Crippen LogP contribution is 2.23. The summed E-state index contributed by atoms with van der Waals surface area (Å²) in [4.78, 5) is 0. The van der Waals surface area contributed by atoms with Crippen LogP contribution in [0.5, 0.6) is 0 Å². The van der Waals surface area contributed by atoms with Gasteiger partial charge in [0, 0.05) is 30.0 Å². The van der Waals surface area contributed by atoms with Crippen LogP contribution in [0.2, 0.25) is 0 Å². The average Bonchev–Trinajstić information content (AvgIpc) is 2.86. The number of nitrogens with zero attached hydrogens (tertiary/aromatic N) is 2. The zero-order chi connectivity index (χ0) is 14.4. The number of aromatic nitrogens is 2. The molecule has 0 radical (unpaired) electrons. The first kappa shape index (κ1) is 15.3. The van der Waals surface area contributed by atoms with Crippen LogP contribution in [-0.2, 0) is 13.5 Å². The Morgan fingerprint density at radius 2 is 2.00 bits per heavy atom. The average molecular weight is 336 g/mol. The van der Waals surface area contributed by atoms with E-state index >= 15 is 0 Å². The fraction of sp³-hybridized carbons (Fsp3) is 0.438. The van der Waals surface area contributed by atoms with Crippen molar-refractivity contribution in [3.8, 4) is 0 Å². The van der Waals surface area contributed by atoms with Crippen LogP contribution in [0.15, 0.2) is 41.0 Å². The molecule has 108 valence electrons. The lowest BCUT2D eigenvalue weighted by molar-refractivity contribution is 0.549. The maximum Gasteiger partial charge on any atom is 0.0492 e. The van der Waals surface area contributed by atoms with Gasteiger partial charge in [-0.1, -0.05) is 35.0 Å². The van der Waals surface area contributed by atoms with Crippen LogP contribution in [0.25, 0.3) is 0 Å². The second-order valence-corrected chi connectivity index (χ2v) is 5.96. The molecule has 0 aliphatic rings. The molecular weight excluding hydrogens is 314 g/mol. The van der Waals surface area contributed by atoms with Gasteiger partial charge in [-0.2, -0.15) is 5.10 Å². The van der Waals surface area contributed by atoms with Crippen LogP contribution in [0.3, 0.4) is 0 Å². The number of aryl methyl sites for hydroxylation is 2. The Labute approximate surface area is 129 Å². The van der Waals surface area contributed by atoms with Crippen molar-refractivity contribution in [2.45, 2.75) is 25.7 Å². The summed E-state index contributed by atoms with van der Waals surface area (Å²) in [6.45, 7) is 4.19. The van der Waals surface area contributed by atoms with Crippen molar-refractivity contribution in [3.63, 3.8) is 0 Å². The van der Waals surface area contributed by atoms with Gasteiger partial charge in [-0.05, 0) is 49.1 Å². The zero-order valence-electron chi connectivity index (χ0n) is 12.1. The van der Waals surface area contributed by atoms with Crippen molar-refractivity contribution < 1.29 is 0 Å². The van der Waals surface area contributed by atoms with Gasteiger partial charge in [0.05, 0.1) is 0 Å². The SMILES string of the molecule is CCNCC(CCc1ccnn1C)c1ccc(Br)cc1. The minimum atomic E-state index is 0.540. The van der Waals surface area contributed by atoms with E-state index in [-0.39, 0.29) is 0 Å². The molecule has 0 aliphatic heterocycles. The third-order valence-corrected chi connectivity index (χ3v) is 4.18. The second-order valence-electron chi connectivity index (χ2n) is 5.04. The lowest BCUT2D eigenvalue weighted by atomic mass is 9.93. The number of hydrogen-bond acceptors (Lipinski definition) is 2. The van der Waals surface area contributed by atoms with Crippen LogP contribution < -0.4 is 5.32 Å². The van der Waals surface area contributed by atoms with Crippen LogP contribution in [0, 0.1) is 0 Å². The minimum Gasteiger partial charge on any atom is -0.316 e. The molecule has 1 heterocycles. The number of hydrogen-bond donors (Lipinski definition) is 1. The molecule has 0 amide bonds. The molecule has 1 atom stereocenters. The van der Waals surface area contributed by atoms with Gasteiger partial charge >= 0.3 is 0 Å². The Morgan fingerprint density at radius 3 is 2.60 bits per heavy atom. The molecule has 2 rings (SSSR count). The van der Waals surface area contributed by atoms with E-state index in [2.05, 4.69) is 63.6 Å². The van der Waals surface area contributed by atoms with Crippen molar-refractivity contribution in [1.82, 2.24) is 15.1 Å². The monoisotopic (exact) mass is 335 g/mol. The van der Waals surface area contributed by atoms with E-state index in [1.165, 1.54) is 11.3 Å². The fourth-order valence-electron chi connectivity index (χ4n) is 2.41. The molecule has 1 unspecified atom stereocenters. The van der Waals surface area contributed by atoms with Gasteiger partial charge in [-0.15, -0.1) is 0 Å². The van der Waals surface area contributed by atoms with E-state index < -0.39 is 0 Å². The third kappa shape index (κ3) is 4.18. The summed E-state index contributed by atoms with van der Waals surface area (Å²) in [5.74, 6) is 0.540. The molecule has 3 nitrogen and oxygen atoms in total. The topological polar surface area (TPSA) is 29.9 Å². The number of rotatable bonds is 7. The zero-order valence-corrected chi connectivity index (χ0v) is 13.7. The molecule has 4 heteroatoms. The molecule has 0 aliphatic carbocycles. The van der Waals surface area contributed by atoms with Crippen LogP contribution in [0.4, 0.5) is 0 Å². The largest absolute Gasteiger partial charge is 0.316 e. The smallest absolute Gasteiger partial charge is 0.0492 e. The van der Waals surface area contributed by atoms with Gasteiger partial charge in [0.2, 0.25) is 0 Å². The van der Waals surface area contributed by atoms with E-state index in [4.69, 9.17) is 0 Å². The molecule has 1 aromatic heterocycles. The fourth-order valence-corrected chi connectivity index (χ4v) is 2.67. The summed E-state index contributed by atoms with van der Waals surface area (Å²) in [5.41, 5.74) is 2.69. The summed E-state index contributed by atoms with van der Waals surface area (Å²) in [5, 5.41) is 7.71. The molecule has 1 N–H and O–H groups in total. The predicted octanol–water partition coefficient (Wildman–Crippen LogP) is 3.51. The first-order valence-electron chi connectivity index (χ1n) is 7.13. The summed E-state index contributed by atoms with van der Waals surface area (Å²) < 4.78 is 3.10. The second kappa shape index (κ2) is 7.60. The lowest BCUT2D eigenvalue weighted by Crippen LogP contribution is -2.22. The van der Waals surface area contributed by atoms with Gasteiger partial charge in [-0.3, -0.25) is 4.68 Å². The summed E-state index contributed by atoms with van der Waals surface area (Å²) in [6.07, 6.45) is 4.06. The normalized spacial score (nSPS) is 12.6. The Bertz CT molecular complexity index is 519. The molecular formula is C16H22BrN3. The molecule has 0 fully saturated rings. The highest BCUT2D eigenvalue weighted by Gasteiger charge is 2.12. The van der Waals surface area contributed by atoms with E-state index in [1.807, 2.05) is 17.9 Å². The molecule has 2 aromatic rings. The molecule has 1 aromatic carbocycles. The van der Waals surface area contributed by atoms with Crippen molar-refractivity contribution in [2.24, 2.45) is 7.05 Å². The Morgan fingerprint density at radius 1 is 1.25 bits per heavy atom. The molecule has 0 saturated heterocycles. The predicted molar refractivity (Wildman–Crippen MR) is 87.0 cm³/mol. The number of halogens is 1. The van der Waals surface area contributed by atoms with E-state index in [9.17, 15) is 0 Å². The highest BCUT2D eigenvalue weighted by molar-refractivity contribution is 9.10. The first-order valence-corrected chi connectivity index (χ1v) is 7.93. The highest BCUT2D eigenvalue weighted by atomic mass is 79.9. The third-order valence-electron chi connectivity index (χ3n) is 3.65. The van der Waals surface area contributed by atoms with E-state index in [0.29, 0.717) is 5.92 Å². The Balaban J connectivity index is 2.03. The van der Waals surface area contributed by atoms with Crippen LogP contribution in [-0.4, -0.2) is 22.9 Å². The van der Waals surface area contributed by atoms with Crippen molar-refractivity contribution in [2.75, 3.05) is 13.1 Å². The molecule has 0 bridgehead atoms. The Hall–Kier alpha value is -1.13. The maximum atomic E-state index is 4.24. The molecule has 0 saturated carbocycles. The minimum absolute atomic E-state index is 0.540. The number of benzene rings is 1. The summed E-state index contributed by atoms with van der Waals surface area (Å²) >= 11 is 3.50. The molecule has 20 heavy (non-hydrogen) atoms. The van der Waals surface area contributed by atoms with Gasteiger partial charge in [0.25, 0.3) is 0 Å². The van der Waals surface area contributed by atoms with Gasteiger partial charge in [0.1, 0.15) is 0 Å². The Kier molecular flexibility index (Phi) is 5.80. The maximum absolute atomic E-state index is 4.24. The van der Waals surface area contributed by atoms with Crippen molar-refractivity contribution in [1.29, 1.82) is 0 Å². The van der Waals surface area contributed by atoms with Crippen molar-refractivity contribution >= 4 is 15.9 Å². The van der Waals surface area contributed by atoms with Gasteiger partial charge < -0.3 is 5.32 Å².